The van der Waals surface area contributed by atoms with E-state index in [-0.39, 0.29) is 0 Å². The fourth-order valence-electron chi connectivity index (χ4n) is 3.10. The summed E-state index contributed by atoms with van der Waals surface area (Å²) in [6.45, 7) is 3.26. The first kappa shape index (κ1) is 18.2. The lowest BCUT2D eigenvalue weighted by Gasteiger charge is -2.25. The SMILES string of the molecule is CCOc1ccc(S(=O)(=O)N2CCc3nc(-c4ccccc4)sc3C2)cc1. The van der Waals surface area contributed by atoms with E-state index >= 15 is 0 Å². The van der Waals surface area contributed by atoms with Crippen LogP contribution in [0.2, 0.25) is 0 Å². The topological polar surface area (TPSA) is 59.5 Å². The monoisotopic (exact) mass is 400 g/mol. The first-order valence-corrected chi connectivity index (χ1v) is 11.1. The summed E-state index contributed by atoms with van der Waals surface area (Å²) >= 11 is 1.58. The summed E-state index contributed by atoms with van der Waals surface area (Å²) in [6.07, 6.45) is 0.634. The third-order valence-corrected chi connectivity index (χ3v) is 7.48. The molecule has 1 aliphatic heterocycles. The van der Waals surface area contributed by atoms with Crippen LogP contribution in [0.15, 0.2) is 59.5 Å². The Kier molecular flexibility index (Phi) is 4.99. The summed E-state index contributed by atoms with van der Waals surface area (Å²) in [4.78, 5) is 6.04. The predicted octanol–water partition coefficient (Wildman–Crippen LogP) is 3.96. The number of ether oxygens (including phenoxy) is 1. The van der Waals surface area contributed by atoms with Crippen LogP contribution in [0.4, 0.5) is 0 Å². The molecule has 0 N–H and O–H groups in total. The third kappa shape index (κ3) is 3.63. The molecular formula is C20H20N2O3S2. The smallest absolute Gasteiger partial charge is 0.243 e. The Labute approximate surface area is 163 Å². The van der Waals surface area contributed by atoms with Crippen LogP contribution < -0.4 is 4.74 Å². The van der Waals surface area contributed by atoms with Crippen molar-refractivity contribution in [3.8, 4) is 16.3 Å². The van der Waals surface area contributed by atoms with Gasteiger partial charge in [0.25, 0.3) is 0 Å². The van der Waals surface area contributed by atoms with E-state index in [1.54, 1.807) is 35.6 Å². The van der Waals surface area contributed by atoms with Crippen LogP contribution in [-0.4, -0.2) is 30.9 Å². The molecule has 1 aromatic heterocycles. The summed E-state index contributed by atoms with van der Waals surface area (Å²) in [5.41, 5.74) is 2.08. The van der Waals surface area contributed by atoms with Crippen molar-refractivity contribution in [2.24, 2.45) is 0 Å². The summed E-state index contributed by atoms with van der Waals surface area (Å²) < 4.78 is 33.0. The first-order chi connectivity index (χ1) is 13.1. The molecule has 0 bridgehead atoms. The molecule has 0 radical (unpaired) electrons. The number of aromatic nitrogens is 1. The van der Waals surface area contributed by atoms with Crippen molar-refractivity contribution in [3.05, 3.63) is 65.2 Å². The summed E-state index contributed by atoms with van der Waals surface area (Å²) in [6, 6.07) is 16.6. The lowest BCUT2D eigenvalue weighted by Crippen LogP contribution is -2.35. The van der Waals surface area contributed by atoms with Crippen molar-refractivity contribution in [1.82, 2.24) is 9.29 Å². The van der Waals surface area contributed by atoms with Crippen LogP contribution in [0.25, 0.3) is 10.6 Å². The van der Waals surface area contributed by atoms with E-state index in [0.717, 1.165) is 21.1 Å². The largest absolute Gasteiger partial charge is 0.494 e. The standard InChI is InChI=1S/C20H20N2O3S2/c1-2-25-16-8-10-17(11-9-16)27(23,24)22-13-12-18-19(14-22)26-20(21-18)15-6-4-3-5-7-15/h3-11H,2,12-14H2,1H3. The molecule has 0 saturated heterocycles. The zero-order valence-electron chi connectivity index (χ0n) is 15.0. The highest BCUT2D eigenvalue weighted by molar-refractivity contribution is 7.89. The lowest BCUT2D eigenvalue weighted by atomic mass is 10.2. The molecule has 0 amide bonds. The van der Waals surface area contributed by atoms with Crippen LogP contribution in [0.3, 0.4) is 0 Å². The number of hydrogen-bond donors (Lipinski definition) is 0. The molecule has 0 spiro atoms. The van der Waals surface area contributed by atoms with Gasteiger partial charge in [0.15, 0.2) is 0 Å². The maximum absolute atomic E-state index is 13.0. The molecule has 0 atom stereocenters. The van der Waals surface area contributed by atoms with Gasteiger partial charge in [-0.3, -0.25) is 0 Å². The minimum atomic E-state index is -3.54. The Morgan fingerprint density at radius 2 is 1.85 bits per heavy atom. The summed E-state index contributed by atoms with van der Waals surface area (Å²) in [5, 5.41) is 0.945. The minimum absolute atomic E-state index is 0.294. The van der Waals surface area contributed by atoms with Gasteiger partial charge < -0.3 is 4.74 Å². The average molecular weight is 401 g/mol. The van der Waals surface area contributed by atoms with Gasteiger partial charge in [0.1, 0.15) is 10.8 Å². The Bertz CT molecular complexity index is 1030. The normalized spacial score (nSPS) is 14.7. The Balaban J connectivity index is 1.57. The Morgan fingerprint density at radius 3 is 2.56 bits per heavy atom. The number of sulfonamides is 1. The van der Waals surface area contributed by atoms with Gasteiger partial charge in [-0.2, -0.15) is 4.31 Å². The maximum atomic E-state index is 13.0. The van der Waals surface area contributed by atoms with Crippen LogP contribution >= 0.6 is 11.3 Å². The molecule has 0 saturated carbocycles. The second kappa shape index (κ2) is 7.42. The van der Waals surface area contributed by atoms with E-state index in [0.29, 0.717) is 36.8 Å². The van der Waals surface area contributed by atoms with E-state index in [9.17, 15) is 8.42 Å². The summed E-state index contributed by atoms with van der Waals surface area (Å²) in [7, 11) is -3.54. The number of hydrogen-bond acceptors (Lipinski definition) is 5. The van der Waals surface area contributed by atoms with Crippen molar-refractivity contribution < 1.29 is 13.2 Å². The van der Waals surface area contributed by atoms with Crippen LogP contribution in [0, 0.1) is 0 Å². The van der Waals surface area contributed by atoms with Gasteiger partial charge >= 0.3 is 0 Å². The van der Waals surface area contributed by atoms with Crippen molar-refractivity contribution >= 4 is 21.4 Å². The van der Waals surface area contributed by atoms with Gasteiger partial charge in [-0.15, -0.1) is 11.3 Å². The van der Waals surface area contributed by atoms with Gasteiger partial charge in [0.05, 0.1) is 23.7 Å². The highest BCUT2D eigenvalue weighted by Gasteiger charge is 2.30. The number of benzene rings is 2. The van der Waals surface area contributed by atoms with Gasteiger partial charge in [-0.05, 0) is 31.2 Å². The molecule has 7 heteroatoms. The molecule has 0 aliphatic carbocycles. The van der Waals surface area contributed by atoms with Crippen molar-refractivity contribution in [2.75, 3.05) is 13.2 Å². The van der Waals surface area contributed by atoms with E-state index in [4.69, 9.17) is 9.72 Å². The molecule has 140 valence electrons. The summed E-state index contributed by atoms with van der Waals surface area (Å²) in [5.74, 6) is 0.673. The zero-order valence-corrected chi connectivity index (χ0v) is 16.6. The molecule has 2 aromatic carbocycles. The van der Waals surface area contributed by atoms with Crippen LogP contribution in [-0.2, 0) is 23.0 Å². The highest BCUT2D eigenvalue weighted by atomic mass is 32.2. The second-order valence-corrected chi connectivity index (χ2v) is 9.27. The number of fused-ring (bicyclic) bond motifs is 1. The third-order valence-electron chi connectivity index (χ3n) is 4.49. The zero-order chi connectivity index (χ0) is 18.9. The first-order valence-electron chi connectivity index (χ1n) is 8.85. The maximum Gasteiger partial charge on any atom is 0.243 e. The molecular weight excluding hydrogens is 380 g/mol. The van der Waals surface area contributed by atoms with Gasteiger partial charge in [0.2, 0.25) is 10.0 Å². The molecule has 0 unspecified atom stereocenters. The molecule has 3 aromatic rings. The molecule has 5 nitrogen and oxygen atoms in total. The van der Waals surface area contributed by atoms with Gasteiger partial charge in [-0.25, -0.2) is 13.4 Å². The van der Waals surface area contributed by atoms with E-state index in [1.165, 1.54) is 4.31 Å². The molecule has 4 rings (SSSR count). The van der Waals surface area contributed by atoms with E-state index in [2.05, 4.69) is 0 Å². The molecule has 0 fully saturated rings. The van der Waals surface area contributed by atoms with Crippen molar-refractivity contribution in [2.45, 2.75) is 24.8 Å². The highest BCUT2D eigenvalue weighted by Crippen LogP contribution is 2.33. The van der Waals surface area contributed by atoms with Crippen LogP contribution in [0.5, 0.6) is 5.75 Å². The Hall–Kier alpha value is -2.22. The Morgan fingerprint density at radius 1 is 1.11 bits per heavy atom. The van der Waals surface area contributed by atoms with Gasteiger partial charge in [-0.1, -0.05) is 30.3 Å². The van der Waals surface area contributed by atoms with Crippen LogP contribution in [0.1, 0.15) is 17.5 Å². The average Bonchev–Trinajstić information content (AvgIpc) is 3.13. The fourth-order valence-corrected chi connectivity index (χ4v) is 5.72. The van der Waals surface area contributed by atoms with E-state index < -0.39 is 10.0 Å². The number of rotatable bonds is 5. The van der Waals surface area contributed by atoms with Crippen molar-refractivity contribution in [3.63, 3.8) is 0 Å². The van der Waals surface area contributed by atoms with Crippen molar-refractivity contribution in [1.29, 1.82) is 0 Å². The second-order valence-electron chi connectivity index (χ2n) is 6.25. The molecule has 27 heavy (non-hydrogen) atoms. The molecule has 1 aliphatic rings. The van der Waals surface area contributed by atoms with Gasteiger partial charge in [0, 0.05) is 23.4 Å². The quantitative estimate of drug-likeness (QED) is 0.651. The predicted molar refractivity (Wildman–Crippen MR) is 106 cm³/mol. The fraction of sp³-hybridized carbons (Fsp3) is 0.250. The minimum Gasteiger partial charge on any atom is -0.494 e. The number of thiazole rings is 1. The lowest BCUT2D eigenvalue weighted by molar-refractivity contribution is 0.340. The van der Waals surface area contributed by atoms with E-state index in [1.807, 2.05) is 37.3 Å². The molecule has 2 heterocycles. The number of nitrogens with zero attached hydrogens (tertiary/aromatic N) is 2.